The van der Waals surface area contributed by atoms with Gasteiger partial charge in [0.05, 0.1) is 11.3 Å². The summed E-state index contributed by atoms with van der Waals surface area (Å²) in [4.78, 5) is 4.60. The fraction of sp³-hybridized carbons (Fsp3) is 0.941. The number of aliphatic imine (C=N–C) groups is 1. The molecule has 0 aliphatic carbocycles. The summed E-state index contributed by atoms with van der Waals surface area (Å²) in [5.74, 6) is 0.705. The van der Waals surface area contributed by atoms with Crippen molar-refractivity contribution in [2.24, 2.45) is 4.99 Å². The van der Waals surface area contributed by atoms with Gasteiger partial charge in [-0.3, -0.25) is 4.99 Å². The van der Waals surface area contributed by atoms with Crippen LogP contribution in [0.1, 0.15) is 59.3 Å². The third-order valence-electron chi connectivity index (χ3n) is 4.68. The SMILES string of the molecule is CCCCCC(C)NC(=NCC1(S(C)(=O)=O)CCOCC1)NCC.I. The summed E-state index contributed by atoms with van der Waals surface area (Å²) in [7, 11) is -3.19. The first-order chi connectivity index (χ1) is 11.3. The first-order valence-corrected chi connectivity index (χ1v) is 11.1. The Morgan fingerprint density at radius 3 is 2.40 bits per heavy atom. The number of rotatable bonds is 9. The summed E-state index contributed by atoms with van der Waals surface area (Å²) in [6.45, 7) is 8.36. The highest BCUT2D eigenvalue weighted by molar-refractivity contribution is 14.0. The molecule has 150 valence electrons. The number of ether oxygens (including phenoxy) is 1. The smallest absolute Gasteiger partial charge is 0.191 e. The maximum Gasteiger partial charge on any atom is 0.191 e. The van der Waals surface area contributed by atoms with E-state index >= 15 is 0 Å². The molecule has 0 bridgehead atoms. The molecular weight excluding hydrogens is 453 g/mol. The number of hydrogen-bond donors (Lipinski definition) is 2. The second-order valence-electron chi connectivity index (χ2n) is 6.80. The van der Waals surface area contributed by atoms with Crippen LogP contribution in [0.25, 0.3) is 0 Å². The lowest BCUT2D eigenvalue weighted by atomic mass is 9.99. The Bertz CT molecular complexity index is 491. The minimum absolute atomic E-state index is 0. The van der Waals surface area contributed by atoms with E-state index in [1.807, 2.05) is 6.92 Å². The zero-order valence-electron chi connectivity index (χ0n) is 16.1. The lowest BCUT2D eigenvalue weighted by Crippen LogP contribution is -2.48. The van der Waals surface area contributed by atoms with Gasteiger partial charge >= 0.3 is 0 Å². The van der Waals surface area contributed by atoms with Gasteiger partial charge in [-0.25, -0.2) is 8.42 Å². The molecular formula is C17H36IN3O3S. The number of unbranched alkanes of at least 4 members (excludes halogenated alkanes) is 2. The molecule has 25 heavy (non-hydrogen) atoms. The zero-order valence-corrected chi connectivity index (χ0v) is 19.3. The molecule has 1 aliphatic rings. The van der Waals surface area contributed by atoms with Gasteiger partial charge in [-0.15, -0.1) is 24.0 Å². The van der Waals surface area contributed by atoms with Crippen LogP contribution in [0.2, 0.25) is 0 Å². The predicted octanol–water partition coefficient (Wildman–Crippen LogP) is 2.72. The van der Waals surface area contributed by atoms with Gasteiger partial charge in [-0.1, -0.05) is 26.2 Å². The Kier molecular flexibility index (Phi) is 12.3. The Balaban J connectivity index is 0.00000576. The van der Waals surface area contributed by atoms with Gasteiger partial charge in [-0.2, -0.15) is 0 Å². The fourth-order valence-corrected chi connectivity index (χ4v) is 4.15. The Hall–Kier alpha value is -0.0900. The maximum atomic E-state index is 12.3. The monoisotopic (exact) mass is 489 g/mol. The van der Waals surface area contributed by atoms with Crippen molar-refractivity contribution in [1.82, 2.24) is 10.6 Å². The number of sulfone groups is 1. The summed E-state index contributed by atoms with van der Waals surface area (Å²) in [5, 5.41) is 6.62. The fourth-order valence-electron chi connectivity index (χ4n) is 2.94. The third kappa shape index (κ3) is 8.43. The van der Waals surface area contributed by atoms with E-state index in [2.05, 4.69) is 29.5 Å². The molecule has 0 radical (unpaired) electrons. The minimum Gasteiger partial charge on any atom is -0.381 e. The molecule has 1 aliphatic heterocycles. The van der Waals surface area contributed by atoms with Crippen LogP contribution in [0.5, 0.6) is 0 Å². The summed E-state index contributed by atoms with van der Waals surface area (Å²) in [5.41, 5.74) is 0. The summed E-state index contributed by atoms with van der Waals surface area (Å²) >= 11 is 0. The highest BCUT2D eigenvalue weighted by Gasteiger charge is 2.42. The van der Waals surface area contributed by atoms with Gasteiger partial charge in [0, 0.05) is 32.1 Å². The standard InChI is InChI=1S/C17H35N3O3S.HI/c1-5-7-8-9-15(3)20-16(18-6-2)19-14-17(24(4,21)22)10-12-23-13-11-17;/h15H,5-14H2,1-4H3,(H2,18,19,20);1H. The van der Waals surface area contributed by atoms with Crippen LogP contribution in [-0.2, 0) is 14.6 Å². The summed E-state index contributed by atoms with van der Waals surface area (Å²) in [6, 6.07) is 0.318. The van der Waals surface area contributed by atoms with Crippen LogP contribution >= 0.6 is 24.0 Å². The van der Waals surface area contributed by atoms with E-state index in [9.17, 15) is 8.42 Å². The largest absolute Gasteiger partial charge is 0.381 e. The van der Waals surface area contributed by atoms with E-state index in [1.165, 1.54) is 25.5 Å². The Morgan fingerprint density at radius 2 is 1.88 bits per heavy atom. The van der Waals surface area contributed by atoms with Crippen molar-refractivity contribution in [2.45, 2.75) is 70.1 Å². The molecule has 1 rings (SSSR count). The van der Waals surface area contributed by atoms with Gasteiger partial charge < -0.3 is 15.4 Å². The van der Waals surface area contributed by atoms with Crippen molar-refractivity contribution in [3.05, 3.63) is 0 Å². The molecule has 6 nitrogen and oxygen atoms in total. The molecule has 2 N–H and O–H groups in total. The molecule has 8 heteroatoms. The summed E-state index contributed by atoms with van der Waals surface area (Å²) < 4.78 is 29.2. The number of nitrogens with zero attached hydrogens (tertiary/aromatic N) is 1. The van der Waals surface area contributed by atoms with Crippen LogP contribution in [0.4, 0.5) is 0 Å². The van der Waals surface area contributed by atoms with Crippen molar-refractivity contribution in [3.8, 4) is 0 Å². The Labute approximate surface area is 170 Å². The van der Waals surface area contributed by atoms with E-state index in [0.717, 1.165) is 13.0 Å². The van der Waals surface area contributed by atoms with Crippen molar-refractivity contribution >= 4 is 39.8 Å². The van der Waals surface area contributed by atoms with Gasteiger partial charge in [0.15, 0.2) is 15.8 Å². The van der Waals surface area contributed by atoms with Gasteiger partial charge in [0.2, 0.25) is 0 Å². The first-order valence-electron chi connectivity index (χ1n) is 9.17. The van der Waals surface area contributed by atoms with E-state index in [1.54, 1.807) is 0 Å². The van der Waals surface area contributed by atoms with E-state index in [4.69, 9.17) is 4.74 Å². The molecule has 1 heterocycles. The highest BCUT2D eigenvalue weighted by Crippen LogP contribution is 2.29. The second kappa shape index (κ2) is 12.3. The topological polar surface area (TPSA) is 79.8 Å². The number of nitrogens with one attached hydrogen (secondary N) is 2. The molecule has 1 fully saturated rings. The number of guanidine groups is 1. The van der Waals surface area contributed by atoms with Gasteiger partial charge in [0.25, 0.3) is 0 Å². The highest BCUT2D eigenvalue weighted by atomic mass is 127. The van der Waals surface area contributed by atoms with E-state index < -0.39 is 14.6 Å². The average molecular weight is 489 g/mol. The van der Waals surface area contributed by atoms with Gasteiger partial charge in [0.1, 0.15) is 0 Å². The Morgan fingerprint density at radius 1 is 1.24 bits per heavy atom. The van der Waals surface area contributed by atoms with E-state index in [-0.39, 0.29) is 30.5 Å². The molecule has 0 saturated carbocycles. The van der Waals surface area contributed by atoms with Crippen molar-refractivity contribution < 1.29 is 13.2 Å². The lowest BCUT2D eigenvalue weighted by Gasteiger charge is -2.34. The quantitative estimate of drug-likeness (QED) is 0.225. The second-order valence-corrected chi connectivity index (χ2v) is 9.21. The normalized spacial score (nSPS) is 19.0. The molecule has 1 atom stereocenters. The molecule has 0 aromatic rings. The number of halogens is 1. The first kappa shape index (κ1) is 24.9. The molecule has 0 aromatic heterocycles. The van der Waals surface area contributed by atoms with Gasteiger partial charge in [-0.05, 0) is 33.1 Å². The maximum absolute atomic E-state index is 12.3. The van der Waals surface area contributed by atoms with Crippen molar-refractivity contribution in [1.29, 1.82) is 0 Å². The molecule has 1 unspecified atom stereocenters. The zero-order chi connectivity index (χ0) is 18.1. The van der Waals surface area contributed by atoms with Crippen molar-refractivity contribution in [2.75, 3.05) is 32.6 Å². The molecule has 0 spiro atoms. The van der Waals surface area contributed by atoms with Crippen LogP contribution in [-0.4, -0.2) is 57.7 Å². The van der Waals surface area contributed by atoms with Crippen LogP contribution in [0.3, 0.4) is 0 Å². The lowest BCUT2D eigenvalue weighted by molar-refractivity contribution is 0.0768. The molecule has 0 amide bonds. The van der Waals surface area contributed by atoms with Crippen LogP contribution in [0.15, 0.2) is 4.99 Å². The van der Waals surface area contributed by atoms with E-state index in [0.29, 0.717) is 38.1 Å². The van der Waals surface area contributed by atoms with Crippen LogP contribution in [0, 0.1) is 0 Å². The average Bonchev–Trinajstić information content (AvgIpc) is 2.53. The predicted molar refractivity (Wildman–Crippen MR) is 116 cm³/mol. The van der Waals surface area contributed by atoms with Crippen LogP contribution < -0.4 is 10.6 Å². The summed E-state index contributed by atoms with van der Waals surface area (Å²) in [6.07, 6.45) is 7.07. The molecule has 1 saturated heterocycles. The van der Waals surface area contributed by atoms with Crippen molar-refractivity contribution in [3.63, 3.8) is 0 Å². The molecule has 0 aromatic carbocycles. The third-order valence-corrected chi connectivity index (χ3v) is 6.79. The minimum atomic E-state index is -3.19. The number of hydrogen-bond acceptors (Lipinski definition) is 4.